The van der Waals surface area contributed by atoms with Crippen molar-refractivity contribution in [2.45, 2.75) is 88.9 Å². The fourth-order valence-corrected chi connectivity index (χ4v) is 5.07. The van der Waals surface area contributed by atoms with Crippen LogP contribution in [0.15, 0.2) is 48.6 Å². The summed E-state index contributed by atoms with van der Waals surface area (Å²) in [5.74, 6) is -0.312. The molecule has 10 heteroatoms. The number of hydrogen-bond acceptors (Lipinski definition) is 8. The fraction of sp³-hybridized carbons (Fsp3) is 0.621. The van der Waals surface area contributed by atoms with E-state index in [2.05, 4.69) is 10.2 Å². The normalized spacial score (nSPS) is 22.3. The standard InChI is InChI=1S/C29H45ClN2O7/c30-23-11-9-10-22(20-23)14-15-24(33)16-17-26-25(27(34)21-28(26)35)12-5-1-2-6-13-29(36)31-18-7-3-4-8-19-39-32(37)38/h1,5,9-11,16-17,20,24-28,33-35,37-38H,2-4,6-8,12-15,18-19,21H2,(H,31,36)/b5-1-,17-16+/t24-,25+,26+,27-,28+/m0/s1. The van der Waals surface area contributed by atoms with Crippen LogP contribution in [0.3, 0.4) is 0 Å². The number of aryl methyl sites for hydroxylation is 1. The Labute approximate surface area is 236 Å². The lowest BCUT2D eigenvalue weighted by Crippen LogP contribution is -2.23. The molecule has 0 saturated heterocycles. The maximum absolute atomic E-state index is 12.0. The third kappa shape index (κ3) is 14.4. The average molecular weight is 569 g/mol. The lowest BCUT2D eigenvalue weighted by Gasteiger charge is -2.19. The number of rotatable bonds is 19. The maximum Gasteiger partial charge on any atom is 0.220 e. The Morgan fingerprint density at radius 2 is 1.92 bits per heavy atom. The number of carbonyl (C=O) groups excluding carboxylic acids is 1. The van der Waals surface area contributed by atoms with Gasteiger partial charge in [-0.25, -0.2) is 0 Å². The average Bonchev–Trinajstić information content (AvgIpc) is 3.16. The highest BCUT2D eigenvalue weighted by atomic mass is 35.5. The minimum absolute atomic E-state index is 0.0244. The lowest BCUT2D eigenvalue weighted by molar-refractivity contribution is -0.492. The monoisotopic (exact) mass is 568 g/mol. The van der Waals surface area contributed by atoms with Gasteiger partial charge >= 0.3 is 0 Å². The summed E-state index contributed by atoms with van der Waals surface area (Å²) in [6.07, 6.45) is 13.2. The molecular formula is C29H45ClN2O7. The summed E-state index contributed by atoms with van der Waals surface area (Å²) >= 11 is 6.02. The van der Waals surface area contributed by atoms with E-state index in [9.17, 15) is 20.1 Å². The topological polar surface area (TPSA) is 143 Å². The molecule has 5 atom stereocenters. The van der Waals surface area contributed by atoms with E-state index >= 15 is 0 Å². The Balaban J connectivity index is 1.60. The van der Waals surface area contributed by atoms with Gasteiger partial charge in [0.15, 0.2) is 0 Å². The van der Waals surface area contributed by atoms with Crippen LogP contribution in [0.2, 0.25) is 5.02 Å². The molecule has 1 aliphatic carbocycles. The molecule has 1 fully saturated rings. The number of benzene rings is 1. The van der Waals surface area contributed by atoms with Gasteiger partial charge in [0.1, 0.15) is 0 Å². The fourth-order valence-electron chi connectivity index (χ4n) is 4.86. The van der Waals surface area contributed by atoms with E-state index in [-0.39, 0.29) is 29.7 Å². The molecule has 0 spiro atoms. The third-order valence-electron chi connectivity index (χ3n) is 7.04. The lowest BCUT2D eigenvalue weighted by atomic mass is 9.89. The van der Waals surface area contributed by atoms with Crippen LogP contribution < -0.4 is 5.32 Å². The van der Waals surface area contributed by atoms with Crippen LogP contribution in [0, 0.1) is 11.8 Å². The number of amides is 1. The summed E-state index contributed by atoms with van der Waals surface area (Å²) in [6.45, 7) is 0.854. The molecule has 2 rings (SSSR count). The Morgan fingerprint density at radius 3 is 2.69 bits per heavy atom. The van der Waals surface area contributed by atoms with E-state index in [4.69, 9.17) is 22.0 Å². The van der Waals surface area contributed by atoms with Crippen LogP contribution in [0.1, 0.15) is 69.8 Å². The molecule has 0 unspecified atom stereocenters. The Kier molecular flexibility index (Phi) is 16.5. The van der Waals surface area contributed by atoms with Gasteiger partial charge in [0.05, 0.1) is 30.3 Å². The first-order chi connectivity index (χ1) is 18.8. The summed E-state index contributed by atoms with van der Waals surface area (Å²) in [4.78, 5) is 16.5. The van der Waals surface area contributed by atoms with Crippen molar-refractivity contribution < 1.29 is 35.4 Å². The molecule has 1 amide bonds. The zero-order chi connectivity index (χ0) is 28.5. The number of carbonyl (C=O) groups is 1. The zero-order valence-electron chi connectivity index (χ0n) is 22.6. The molecule has 1 aromatic rings. The minimum Gasteiger partial charge on any atom is -0.393 e. The molecule has 0 bridgehead atoms. The second-order valence-electron chi connectivity index (χ2n) is 10.2. The quantitative estimate of drug-likeness (QED) is 0.0821. The van der Waals surface area contributed by atoms with Gasteiger partial charge in [-0.15, -0.1) is 0 Å². The number of halogens is 1. The third-order valence-corrected chi connectivity index (χ3v) is 7.27. The molecule has 220 valence electrons. The van der Waals surface area contributed by atoms with E-state index in [0.29, 0.717) is 50.1 Å². The molecule has 0 heterocycles. The number of hydrogen-bond donors (Lipinski definition) is 6. The van der Waals surface area contributed by atoms with Gasteiger partial charge < -0.3 is 20.6 Å². The van der Waals surface area contributed by atoms with Crippen molar-refractivity contribution in [1.82, 2.24) is 10.7 Å². The number of nitrogens with zero attached hydrogens (tertiary/aromatic N) is 1. The van der Waals surface area contributed by atoms with Crippen molar-refractivity contribution in [1.29, 1.82) is 0 Å². The van der Waals surface area contributed by atoms with Crippen molar-refractivity contribution >= 4 is 17.5 Å². The zero-order valence-corrected chi connectivity index (χ0v) is 23.3. The summed E-state index contributed by atoms with van der Waals surface area (Å²) in [5, 5.41) is 51.4. The largest absolute Gasteiger partial charge is 0.393 e. The van der Waals surface area contributed by atoms with Crippen molar-refractivity contribution in [2.24, 2.45) is 11.8 Å². The molecular weight excluding hydrogens is 524 g/mol. The number of unbranched alkanes of at least 4 members (excludes halogenated alkanes) is 4. The van der Waals surface area contributed by atoms with Crippen molar-refractivity contribution in [3.63, 3.8) is 0 Å². The molecule has 0 radical (unpaired) electrons. The second-order valence-corrected chi connectivity index (χ2v) is 10.6. The highest BCUT2D eigenvalue weighted by Gasteiger charge is 2.39. The molecule has 1 saturated carbocycles. The summed E-state index contributed by atoms with van der Waals surface area (Å²) in [5.41, 5.74) is 1.06. The van der Waals surface area contributed by atoms with Gasteiger partial charge in [-0.2, -0.15) is 0 Å². The Hall–Kier alpha value is -1.82. The predicted molar refractivity (Wildman–Crippen MR) is 149 cm³/mol. The van der Waals surface area contributed by atoms with Gasteiger partial charge in [0.25, 0.3) is 0 Å². The van der Waals surface area contributed by atoms with Crippen LogP contribution in [-0.2, 0) is 16.1 Å². The van der Waals surface area contributed by atoms with Crippen LogP contribution in [0.25, 0.3) is 0 Å². The number of nitrogens with one attached hydrogen (secondary N) is 1. The predicted octanol–water partition coefficient (Wildman–Crippen LogP) is 4.35. The van der Waals surface area contributed by atoms with Crippen molar-refractivity contribution in [2.75, 3.05) is 13.2 Å². The first-order valence-electron chi connectivity index (χ1n) is 14.0. The van der Waals surface area contributed by atoms with Crippen LogP contribution >= 0.6 is 11.6 Å². The molecule has 39 heavy (non-hydrogen) atoms. The van der Waals surface area contributed by atoms with E-state index in [1.165, 1.54) is 0 Å². The van der Waals surface area contributed by atoms with Gasteiger partial charge in [0, 0.05) is 30.3 Å². The van der Waals surface area contributed by atoms with Crippen molar-refractivity contribution in [3.8, 4) is 0 Å². The number of aliphatic hydroxyl groups excluding tert-OH is 3. The van der Waals surface area contributed by atoms with Crippen LogP contribution in [0.5, 0.6) is 0 Å². The molecule has 1 aromatic carbocycles. The first-order valence-corrected chi connectivity index (χ1v) is 14.3. The first kappa shape index (κ1) is 33.4. The molecule has 6 N–H and O–H groups in total. The van der Waals surface area contributed by atoms with Gasteiger partial charge in [-0.05, 0) is 68.6 Å². The van der Waals surface area contributed by atoms with Crippen LogP contribution in [0.4, 0.5) is 0 Å². The number of allylic oxidation sites excluding steroid dienone is 2. The van der Waals surface area contributed by atoms with E-state index in [1.807, 2.05) is 42.5 Å². The highest BCUT2D eigenvalue weighted by Crippen LogP contribution is 2.36. The smallest absolute Gasteiger partial charge is 0.220 e. The van der Waals surface area contributed by atoms with Crippen molar-refractivity contribution in [3.05, 3.63) is 59.2 Å². The molecule has 0 aliphatic heterocycles. The van der Waals surface area contributed by atoms with Gasteiger partial charge in [0.2, 0.25) is 5.91 Å². The van der Waals surface area contributed by atoms with Gasteiger partial charge in [-0.1, -0.05) is 60.9 Å². The van der Waals surface area contributed by atoms with Crippen LogP contribution in [-0.4, -0.2) is 68.5 Å². The minimum atomic E-state index is -0.643. The van der Waals surface area contributed by atoms with E-state index in [0.717, 1.165) is 37.7 Å². The maximum atomic E-state index is 12.0. The molecule has 0 aromatic heterocycles. The SMILES string of the molecule is O=C(CCC/C=C\C[C@@H]1[C@@H](/C=C/[C@@H](O)CCc2cccc(Cl)c2)[C@H](O)C[C@@H]1O)NCCCCCCON(O)O. The summed E-state index contributed by atoms with van der Waals surface area (Å²) in [7, 11) is 0. The molecule has 9 nitrogen and oxygen atoms in total. The van der Waals surface area contributed by atoms with Gasteiger partial charge in [-0.3, -0.25) is 20.0 Å². The summed E-state index contributed by atoms with van der Waals surface area (Å²) in [6, 6.07) is 7.57. The van der Waals surface area contributed by atoms with E-state index < -0.39 is 18.3 Å². The molecule has 1 aliphatic rings. The van der Waals surface area contributed by atoms with E-state index in [1.54, 1.807) is 6.08 Å². The Morgan fingerprint density at radius 1 is 1.13 bits per heavy atom. The Bertz CT molecular complexity index is 883. The highest BCUT2D eigenvalue weighted by molar-refractivity contribution is 6.30. The number of aliphatic hydroxyl groups is 3. The second kappa shape index (κ2) is 19.3. The summed E-state index contributed by atoms with van der Waals surface area (Å²) < 4.78 is 0.